The van der Waals surface area contributed by atoms with Crippen LogP contribution in [0.3, 0.4) is 0 Å². The molecule has 0 radical (unpaired) electrons. The maximum atomic E-state index is 12.8. The van der Waals surface area contributed by atoms with Gasteiger partial charge in [-0.1, -0.05) is 0 Å². The van der Waals surface area contributed by atoms with Crippen LogP contribution in [-0.4, -0.2) is 17.6 Å². The number of nitrogens with one attached hydrogen (secondary N) is 2. The Bertz CT molecular complexity index is 710. The first-order chi connectivity index (χ1) is 10.0. The van der Waals surface area contributed by atoms with Gasteiger partial charge >= 0.3 is 0 Å². The van der Waals surface area contributed by atoms with Crippen LogP contribution in [0.4, 0.5) is 10.1 Å². The van der Waals surface area contributed by atoms with E-state index in [1.165, 1.54) is 55.1 Å². The molecule has 2 rings (SSSR count). The summed E-state index contributed by atoms with van der Waals surface area (Å²) in [6, 6.07) is 8.19. The second-order valence-electron chi connectivity index (χ2n) is 4.26. The molecule has 21 heavy (non-hydrogen) atoms. The predicted molar refractivity (Wildman–Crippen MR) is 75.7 cm³/mol. The lowest BCUT2D eigenvalue weighted by atomic mass is 10.3. The molecule has 0 fully saturated rings. The molecule has 0 bridgehead atoms. The molecule has 1 aromatic carbocycles. The number of carbonyl (C=O) groups is 1. The smallest absolute Gasteiger partial charge is 0.286 e. The highest BCUT2D eigenvalue weighted by atomic mass is 19.1. The Labute approximate surface area is 120 Å². The number of hydrogen-bond acceptors (Lipinski definition) is 4. The molecular weight excluding hydrogens is 277 g/mol. The molecule has 0 saturated heterocycles. The third-order valence-corrected chi connectivity index (χ3v) is 2.87. The fraction of sp³-hybridized carbons (Fsp3) is 0.143. The zero-order valence-corrected chi connectivity index (χ0v) is 11.5. The molecule has 1 heterocycles. The Balaban J connectivity index is 2.15. The Morgan fingerprint density at radius 3 is 2.52 bits per heavy atom. The second kappa shape index (κ2) is 6.08. The van der Waals surface area contributed by atoms with Gasteiger partial charge in [-0.15, -0.1) is 0 Å². The molecule has 2 aromatic rings. The summed E-state index contributed by atoms with van der Waals surface area (Å²) in [5, 5.41) is 0. The Hall–Kier alpha value is -2.83. The first-order valence-electron chi connectivity index (χ1n) is 6.08. The highest BCUT2D eigenvalue weighted by Crippen LogP contribution is 2.10. The summed E-state index contributed by atoms with van der Waals surface area (Å²) in [5.41, 5.74) is 5.34. The van der Waals surface area contributed by atoms with Gasteiger partial charge in [-0.3, -0.25) is 20.4 Å². The lowest BCUT2D eigenvalue weighted by Crippen LogP contribution is -2.34. The standard InChI is InChI=1S/C14H14FN3O3/c1-18-12(7-11(21-2)8-13(18)19)14(20)17-16-10-5-3-9(15)4-6-10/h3-8,16H,1-2H3,(H,17,20). The third-order valence-electron chi connectivity index (χ3n) is 2.87. The molecule has 2 N–H and O–H groups in total. The minimum Gasteiger partial charge on any atom is -0.496 e. The van der Waals surface area contributed by atoms with E-state index >= 15 is 0 Å². The highest BCUT2D eigenvalue weighted by Gasteiger charge is 2.12. The molecule has 1 amide bonds. The zero-order valence-electron chi connectivity index (χ0n) is 11.5. The summed E-state index contributed by atoms with van der Waals surface area (Å²) < 4.78 is 18.9. The number of pyridine rings is 1. The van der Waals surface area contributed by atoms with Crippen LogP contribution in [0.1, 0.15) is 10.5 Å². The summed E-state index contributed by atoms with van der Waals surface area (Å²) in [7, 11) is 2.89. The molecule has 0 unspecified atom stereocenters. The van der Waals surface area contributed by atoms with Crippen molar-refractivity contribution < 1.29 is 13.9 Å². The number of hydrogen-bond donors (Lipinski definition) is 2. The minimum absolute atomic E-state index is 0.133. The number of aromatic nitrogens is 1. The van der Waals surface area contributed by atoms with Gasteiger partial charge in [-0.05, 0) is 24.3 Å². The van der Waals surface area contributed by atoms with Crippen molar-refractivity contribution in [3.05, 3.63) is 58.3 Å². The van der Waals surface area contributed by atoms with Crippen molar-refractivity contribution in [3.63, 3.8) is 0 Å². The monoisotopic (exact) mass is 291 g/mol. The van der Waals surface area contributed by atoms with E-state index in [1.807, 2.05) is 0 Å². The molecule has 6 nitrogen and oxygen atoms in total. The molecule has 0 atom stereocenters. The molecule has 110 valence electrons. The summed E-state index contributed by atoms with van der Waals surface area (Å²) >= 11 is 0. The molecule has 7 heteroatoms. The number of nitrogens with zero attached hydrogens (tertiary/aromatic N) is 1. The van der Waals surface area contributed by atoms with Crippen LogP contribution in [0.5, 0.6) is 5.75 Å². The number of halogens is 1. The Morgan fingerprint density at radius 1 is 1.24 bits per heavy atom. The fourth-order valence-electron chi connectivity index (χ4n) is 1.67. The van der Waals surface area contributed by atoms with E-state index in [2.05, 4.69) is 10.9 Å². The minimum atomic E-state index is -0.516. The molecule has 0 aliphatic heterocycles. The molecule has 0 aliphatic carbocycles. The first-order valence-corrected chi connectivity index (χ1v) is 6.08. The zero-order chi connectivity index (χ0) is 15.4. The lowest BCUT2D eigenvalue weighted by Gasteiger charge is -2.12. The Morgan fingerprint density at radius 2 is 1.90 bits per heavy atom. The van der Waals surface area contributed by atoms with Crippen molar-refractivity contribution in [2.24, 2.45) is 7.05 Å². The van der Waals surface area contributed by atoms with Crippen LogP contribution in [-0.2, 0) is 7.05 Å². The van der Waals surface area contributed by atoms with E-state index in [-0.39, 0.29) is 17.1 Å². The summed E-state index contributed by atoms with van der Waals surface area (Å²) in [5.74, 6) is -0.593. The van der Waals surface area contributed by atoms with Crippen molar-refractivity contribution in [1.29, 1.82) is 0 Å². The highest BCUT2D eigenvalue weighted by molar-refractivity contribution is 5.93. The van der Waals surface area contributed by atoms with E-state index < -0.39 is 5.91 Å². The predicted octanol–water partition coefficient (Wildman–Crippen LogP) is 1.29. The number of ether oxygens (including phenoxy) is 1. The average molecular weight is 291 g/mol. The molecule has 0 saturated carbocycles. The van der Waals surface area contributed by atoms with Crippen LogP contribution < -0.4 is 21.1 Å². The van der Waals surface area contributed by atoms with Crippen molar-refractivity contribution >= 4 is 11.6 Å². The fourth-order valence-corrected chi connectivity index (χ4v) is 1.67. The number of benzene rings is 1. The van der Waals surface area contributed by atoms with Crippen molar-refractivity contribution in [2.75, 3.05) is 12.5 Å². The van der Waals surface area contributed by atoms with Gasteiger partial charge in [-0.2, -0.15) is 0 Å². The van der Waals surface area contributed by atoms with Crippen LogP contribution in [0.2, 0.25) is 0 Å². The van der Waals surface area contributed by atoms with Crippen LogP contribution in [0, 0.1) is 5.82 Å². The van der Waals surface area contributed by atoms with Gasteiger partial charge < -0.3 is 9.30 Å². The van der Waals surface area contributed by atoms with Gasteiger partial charge in [0.15, 0.2) is 0 Å². The van der Waals surface area contributed by atoms with E-state index in [9.17, 15) is 14.0 Å². The van der Waals surface area contributed by atoms with E-state index in [0.29, 0.717) is 11.4 Å². The van der Waals surface area contributed by atoms with E-state index in [0.717, 1.165) is 0 Å². The molecule has 0 aliphatic rings. The molecular formula is C14H14FN3O3. The molecule has 1 aromatic heterocycles. The number of carbonyl (C=O) groups excluding carboxylic acids is 1. The quantitative estimate of drug-likeness (QED) is 0.833. The third kappa shape index (κ3) is 3.38. The average Bonchev–Trinajstić information content (AvgIpc) is 2.49. The van der Waals surface area contributed by atoms with Gasteiger partial charge in [0.05, 0.1) is 12.8 Å². The number of amides is 1. The van der Waals surface area contributed by atoms with Crippen LogP contribution in [0.15, 0.2) is 41.2 Å². The topological polar surface area (TPSA) is 72.4 Å². The lowest BCUT2D eigenvalue weighted by molar-refractivity contribution is 0.0953. The molecule has 0 spiro atoms. The van der Waals surface area contributed by atoms with E-state index in [1.54, 1.807) is 0 Å². The van der Waals surface area contributed by atoms with Gasteiger partial charge in [0.25, 0.3) is 11.5 Å². The maximum absolute atomic E-state index is 12.8. The van der Waals surface area contributed by atoms with E-state index in [4.69, 9.17) is 4.74 Å². The number of rotatable bonds is 4. The van der Waals surface area contributed by atoms with Gasteiger partial charge in [0.1, 0.15) is 17.3 Å². The van der Waals surface area contributed by atoms with Crippen LogP contribution >= 0.6 is 0 Å². The largest absolute Gasteiger partial charge is 0.496 e. The first kappa shape index (κ1) is 14.6. The van der Waals surface area contributed by atoms with Crippen LogP contribution in [0.25, 0.3) is 0 Å². The number of hydrazine groups is 1. The maximum Gasteiger partial charge on any atom is 0.286 e. The summed E-state index contributed by atoms with van der Waals surface area (Å²) in [6.45, 7) is 0. The van der Waals surface area contributed by atoms with Gasteiger partial charge in [0.2, 0.25) is 0 Å². The SMILES string of the molecule is COc1cc(C(=O)NNc2ccc(F)cc2)n(C)c(=O)c1. The summed E-state index contributed by atoms with van der Waals surface area (Å²) in [4.78, 5) is 23.7. The summed E-state index contributed by atoms with van der Waals surface area (Å²) in [6.07, 6.45) is 0. The van der Waals surface area contributed by atoms with Crippen molar-refractivity contribution in [3.8, 4) is 5.75 Å². The van der Waals surface area contributed by atoms with Crippen molar-refractivity contribution in [2.45, 2.75) is 0 Å². The second-order valence-corrected chi connectivity index (χ2v) is 4.26. The Kier molecular flexibility index (Phi) is 4.22. The normalized spacial score (nSPS) is 10.0. The van der Waals surface area contributed by atoms with Gasteiger partial charge in [0, 0.05) is 19.2 Å². The number of methoxy groups -OCH3 is 1. The van der Waals surface area contributed by atoms with Crippen molar-refractivity contribution in [1.82, 2.24) is 9.99 Å². The number of anilines is 1. The van der Waals surface area contributed by atoms with Gasteiger partial charge in [-0.25, -0.2) is 4.39 Å².